The van der Waals surface area contributed by atoms with Crippen LogP contribution in [0.15, 0.2) is 70.9 Å². The molecular formula is C24H23ClN2O7S2. The molecule has 190 valence electrons. The van der Waals surface area contributed by atoms with Crippen molar-refractivity contribution in [3.05, 3.63) is 77.3 Å². The van der Waals surface area contributed by atoms with E-state index in [1.54, 1.807) is 29.2 Å². The molecule has 0 spiro atoms. The van der Waals surface area contributed by atoms with Gasteiger partial charge >= 0.3 is 12.2 Å². The van der Waals surface area contributed by atoms with Crippen LogP contribution >= 0.6 is 22.9 Å². The highest BCUT2D eigenvalue weighted by Crippen LogP contribution is 2.40. The minimum absolute atomic E-state index is 0.00908. The summed E-state index contributed by atoms with van der Waals surface area (Å²) in [6.45, 7) is 0.957. The predicted molar refractivity (Wildman–Crippen MR) is 135 cm³/mol. The van der Waals surface area contributed by atoms with Gasteiger partial charge in [0.2, 0.25) is 10.0 Å². The number of carbonyl (C=O) groups is 2. The summed E-state index contributed by atoms with van der Waals surface area (Å²) in [5, 5.41) is 14.6. The maximum atomic E-state index is 12.9. The Kier molecular flexibility index (Phi) is 7.84. The second-order valence-corrected chi connectivity index (χ2v) is 11.8. The third-order valence-electron chi connectivity index (χ3n) is 5.73. The fraction of sp³-hybridized carbons (Fsp3) is 0.250. The minimum atomic E-state index is -3.64. The Morgan fingerprint density at radius 3 is 2.42 bits per heavy atom. The fourth-order valence-electron chi connectivity index (χ4n) is 3.94. The molecule has 12 heteroatoms. The van der Waals surface area contributed by atoms with Crippen LogP contribution < -0.4 is 4.72 Å². The van der Waals surface area contributed by atoms with Gasteiger partial charge in [0.05, 0.1) is 6.54 Å². The summed E-state index contributed by atoms with van der Waals surface area (Å²) in [6, 6.07) is 20.2. The zero-order valence-corrected chi connectivity index (χ0v) is 21.2. The number of hydrogen-bond acceptors (Lipinski definition) is 6. The van der Waals surface area contributed by atoms with Crippen LogP contribution in [0.5, 0.6) is 0 Å². The maximum absolute atomic E-state index is 12.9. The van der Waals surface area contributed by atoms with Crippen molar-refractivity contribution in [1.29, 1.82) is 0 Å². The third-order valence-corrected chi connectivity index (χ3v) is 9.09. The van der Waals surface area contributed by atoms with Gasteiger partial charge in [-0.25, -0.2) is 22.7 Å². The third kappa shape index (κ3) is 6.55. The van der Waals surface area contributed by atoms with Crippen LogP contribution in [0, 0.1) is 5.92 Å². The number of nitrogens with one attached hydrogen (secondary N) is 1. The van der Waals surface area contributed by atoms with Crippen molar-refractivity contribution in [3.63, 3.8) is 0 Å². The van der Waals surface area contributed by atoms with Gasteiger partial charge in [0.15, 0.2) is 0 Å². The van der Waals surface area contributed by atoms with Gasteiger partial charge in [-0.3, -0.25) is 0 Å². The molecule has 9 nitrogen and oxygen atoms in total. The topological polar surface area (TPSA) is 133 Å². The SMILES string of the molecule is O=C(O)O.O=C1O[C@H]([C@H]2C[C@@H]2NS(=O)(=O)c2ccc(-c3ccc(Cl)cc3)s2)CN1Cc1ccccc1. The molecule has 0 bridgehead atoms. The molecule has 36 heavy (non-hydrogen) atoms. The molecule has 3 aromatic rings. The Bertz CT molecular complexity index is 1330. The molecule has 5 rings (SSSR count). The molecule has 2 fully saturated rings. The van der Waals surface area contributed by atoms with E-state index < -0.39 is 16.2 Å². The number of hydrogen-bond donors (Lipinski definition) is 3. The molecule has 1 aromatic heterocycles. The van der Waals surface area contributed by atoms with E-state index in [9.17, 15) is 13.2 Å². The summed E-state index contributed by atoms with van der Waals surface area (Å²) in [5.74, 6) is -0.00908. The highest BCUT2D eigenvalue weighted by Gasteiger charge is 2.50. The maximum Gasteiger partial charge on any atom is 0.503 e. The smallest absolute Gasteiger partial charge is 0.450 e. The molecule has 1 aliphatic carbocycles. The lowest BCUT2D eigenvalue weighted by Crippen LogP contribution is -2.30. The van der Waals surface area contributed by atoms with E-state index in [1.165, 1.54) is 11.3 Å². The molecular weight excluding hydrogens is 528 g/mol. The first-order valence-electron chi connectivity index (χ1n) is 10.9. The zero-order chi connectivity index (χ0) is 25.9. The second kappa shape index (κ2) is 10.9. The van der Waals surface area contributed by atoms with E-state index in [0.717, 1.165) is 16.0 Å². The van der Waals surface area contributed by atoms with Crippen molar-refractivity contribution < 1.29 is 33.0 Å². The van der Waals surface area contributed by atoms with Gasteiger partial charge in [-0.05, 0) is 41.8 Å². The summed E-state index contributed by atoms with van der Waals surface area (Å²) in [4.78, 5) is 23.3. The van der Waals surface area contributed by atoms with E-state index in [1.807, 2.05) is 42.5 Å². The van der Waals surface area contributed by atoms with Crippen molar-refractivity contribution in [2.45, 2.75) is 29.3 Å². The van der Waals surface area contributed by atoms with E-state index >= 15 is 0 Å². The van der Waals surface area contributed by atoms with E-state index in [4.69, 9.17) is 31.3 Å². The second-order valence-electron chi connectivity index (χ2n) is 8.32. The quantitative estimate of drug-likeness (QED) is 0.378. The molecule has 0 radical (unpaired) electrons. The van der Waals surface area contributed by atoms with Crippen LogP contribution in [-0.4, -0.2) is 54.5 Å². The number of rotatable bonds is 7. The number of cyclic esters (lactones) is 1. The van der Waals surface area contributed by atoms with E-state index in [-0.39, 0.29) is 28.4 Å². The molecule has 1 amide bonds. The van der Waals surface area contributed by atoms with Crippen molar-refractivity contribution in [3.8, 4) is 10.4 Å². The van der Waals surface area contributed by atoms with Crippen molar-refractivity contribution in [2.75, 3.05) is 6.54 Å². The molecule has 0 unspecified atom stereocenters. The lowest BCUT2D eigenvalue weighted by atomic mass is 10.2. The van der Waals surface area contributed by atoms with Gasteiger partial charge in [0.1, 0.15) is 10.3 Å². The van der Waals surface area contributed by atoms with Crippen LogP contribution in [-0.2, 0) is 21.3 Å². The first kappa shape index (κ1) is 26.0. The van der Waals surface area contributed by atoms with Crippen LogP contribution in [0.4, 0.5) is 9.59 Å². The first-order valence-corrected chi connectivity index (χ1v) is 13.6. The molecule has 2 aliphatic rings. The number of carbonyl (C=O) groups excluding carboxylic acids is 1. The van der Waals surface area contributed by atoms with Crippen molar-refractivity contribution >= 4 is 45.2 Å². The minimum Gasteiger partial charge on any atom is -0.450 e. The Hall–Kier alpha value is -3.12. The normalized spacial score (nSPS) is 20.9. The van der Waals surface area contributed by atoms with Gasteiger partial charge in [-0.2, -0.15) is 0 Å². The lowest BCUT2D eigenvalue weighted by Gasteiger charge is -2.12. The van der Waals surface area contributed by atoms with E-state index in [0.29, 0.717) is 24.5 Å². The summed E-state index contributed by atoms with van der Waals surface area (Å²) >= 11 is 7.15. The monoisotopic (exact) mass is 550 g/mol. The number of benzene rings is 2. The first-order chi connectivity index (χ1) is 17.1. The number of carboxylic acid groups (broad SMARTS) is 2. The molecule has 2 heterocycles. The molecule has 1 saturated carbocycles. The Labute approximate surface area is 216 Å². The summed E-state index contributed by atoms with van der Waals surface area (Å²) in [7, 11) is -3.64. The summed E-state index contributed by atoms with van der Waals surface area (Å²) in [6.07, 6.45) is -1.82. The van der Waals surface area contributed by atoms with Crippen LogP contribution in [0.25, 0.3) is 10.4 Å². The van der Waals surface area contributed by atoms with E-state index in [2.05, 4.69) is 4.72 Å². The molecule has 1 saturated heterocycles. The number of ether oxygens (including phenoxy) is 1. The van der Waals surface area contributed by atoms with Gasteiger partial charge < -0.3 is 19.8 Å². The van der Waals surface area contributed by atoms with Crippen LogP contribution in [0.1, 0.15) is 12.0 Å². The Balaban J connectivity index is 0.000000709. The van der Waals surface area contributed by atoms with Gasteiger partial charge in [0.25, 0.3) is 0 Å². The number of amides is 1. The molecule has 2 aromatic carbocycles. The van der Waals surface area contributed by atoms with Crippen molar-refractivity contribution in [2.24, 2.45) is 5.92 Å². The van der Waals surface area contributed by atoms with Gasteiger partial charge in [-0.15, -0.1) is 11.3 Å². The summed E-state index contributed by atoms with van der Waals surface area (Å²) < 4.78 is 34.3. The predicted octanol–water partition coefficient (Wildman–Crippen LogP) is 4.98. The molecule has 3 N–H and O–H groups in total. The Morgan fingerprint density at radius 1 is 1.08 bits per heavy atom. The number of halogens is 1. The van der Waals surface area contributed by atoms with Gasteiger partial charge in [0, 0.05) is 28.4 Å². The number of thiophene rings is 1. The standard InChI is InChI=1S/C23H21ClN2O4S2.CH2O3/c24-17-8-6-16(7-9-17)21-10-11-22(31-21)32(28,29)25-19-12-18(19)20-14-26(23(27)30-20)13-15-4-2-1-3-5-15;2-1(3)4/h1-11,18-20,25H,12-14H2;(H2,2,3,4)/t18-,19-,20-;/m0./s1. The van der Waals surface area contributed by atoms with Crippen LogP contribution in [0.2, 0.25) is 5.02 Å². The highest BCUT2D eigenvalue weighted by atomic mass is 35.5. The average Bonchev–Trinajstić information content (AvgIpc) is 3.22. The summed E-state index contributed by atoms with van der Waals surface area (Å²) in [5.41, 5.74) is 1.95. The number of sulfonamides is 1. The Morgan fingerprint density at radius 2 is 1.75 bits per heavy atom. The highest BCUT2D eigenvalue weighted by molar-refractivity contribution is 7.91. The molecule has 1 aliphatic heterocycles. The largest absolute Gasteiger partial charge is 0.503 e. The lowest BCUT2D eigenvalue weighted by molar-refractivity contribution is 0.122. The van der Waals surface area contributed by atoms with Gasteiger partial charge in [-0.1, -0.05) is 54.1 Å². The van der Waals surface area contributed by atoms with Crippen LogP contribution in [0.3, 0.4) is 0 Å². The molecule has 3 atom stereocenters. The fourth-order valence-corrected chi connectivity index (χ4v) is 6.70. The number of nitrogens with zero attached hydrogens (tertiary/aromatic N) is 1. The van der Waals surface area contributed by atoms with Crippen molar-refractivity contribution in [1.82, 2.24) is 9.62 Å². The zero-order valence-electron chi connectivity index (χ0n) is 18.8. The average molecular weight is 551 g/mol.